The van der Waals surface area contributed by atoms with Crippen molar-refractivity contribution in [3.63, 3.8) is 0 Å². The molecule has 0 saturated heterocycles. The fraction of sp³-hybridized carbons (Fsp3) is 0.0455. The molecule has 23 heavy (non-hydrogen) atoms. The number of rotatable bonds is 3. The molecule has 4 rings (SSSR count). The van der Waals surface area contributed by atoms with Gasteiger partial charge in [0.1, 0.15) is 0 Å². The predicted octanol–water partition coefficient (Wildman–Crippen LogP) is 5.42. The van der Waals surface area contributed by atoms with E-state index in [2.05, 4.69) is 30.3 Å². The first kappa shape index (κ1) is 13.7. The molecular weight excluding hydrogens is 280 g/mol. The van der Waals surface area contributed by atoms with Gasteiger partial charge >= 0.3 is 0 Å². The summed E-state index contributed by atoms with van der Waals surface area (Å²) in [5.74, 6) is 0.158. The largest absolute Gasteiger partial charge is 0.294 e. The Labute approximate surface area is 135 Å². The number of hydrogen-bond acceptors (Lipinski definition) is 1. The van der Waals surface area contributed by atoms with Crippen LogP contribution in [-0.2, 0) is 6.42 Å². The maximum Gasteiger partial charge on any atom is 0.167 e. The summed E-state index contributed by atoms with van der Waals surface area (Å²) in [6.07, 6.45) is 0.434. The average molecular weight is 296 g/mol. The molecule has 0 fully saturated rings. The summed E-state index contributed by atoms with van der Waals surface area (Å²) in [4.78, 5) is 12.6. The lowest BCUT2D eigenvalue weighted by Crippen LogP contribution is -2.03. The molecular formula is C22H16O. The number of carbonyl (C=O) groups is 1. The molecule has 0 unspecified atom stereocenters. The number of Topliss-reactive ketones (excluding diaryl/α,β-unsaturated/α-hetero) is 1. The Hall–Kier alpha value is -2.93. The zero-order valence-corrected chi connectivity index (χ0v) is 12.7. The van der Waals surface area contributed by atoms with Crippen LogP contribution in [0.1, 0.15) is 15.9 Å². The minimum Gasteiger partial charge on any atom is -0.294 e. The van der Waals surface area contributed by atoms with Gasteiger partial charge in [-0.2, -0.15) is 0 Å². The van der Waals surface area contributed by atoms with Crippen LogP contribution >= 0.6 is 0 Å². The van der Waals surface area contributed by atoms with Crippen LogP contribution in [0.15, 0.2) is 84.9 Å². The quantitative estimate of drug-likeness (QED) is 0.461. The van der Waals surface area contributed by atoms with Gasteiger partial charge in [0.25, 0.3) is 0 Å². The number of ketones is 1. The topological polar surface area (TPSA) is 17.1 Å². The van der Waals surface area contributed by atoms with E-state index < -0.39 is 0 Å². The normalized spacial score (nSPS) is 11.0. The summed E-state index contributed by atoms with van der Waals surface area (Å²) in [6.45, 7) is 0. The molecule has 0 aliphatic carbocycles. The highest BCUT2D eigenvalue weighted by Gasteiger charge is 2.08. The van der Waals surface area contributed by atoms with Gasteiger partial charge in [-0.25, -0.2) is 0 Å². The van der Waals surface area contributed by atoms with E-state index in [1.54, 1.807) is 0 Å². The summed E-state index contributed by atoms with van der Waals surface area (Å²) < 4.78 is 0. The molecule has 0 aliphatic heterocycles. The van der Waals surface area contributed by atoms with E-state index in [4.69, 9.17) is 0 Å². The Morgan fingerprint density at radius 2 is 1.17 bits per heavy atom. The zero-order valence-electron chi connectivity index (χ0n) is 12.7. The van der Waals surface area contributed by atoms with Crippen LogP contribution in [0.4, 0.5) is 0 Å². The first-order chi connectivity index (χ1) is 11.3. The van der Waals surface area contributed by atoms with Crippen molar-refractivity contribution in [1.82, 2.24) is 0 Å². The first-order valence-electron chi connectivity index (χ1n) is 7.79. The molecule has 1 nitrogen and oxygen atoms in total. The maximum atomic E-state index is 12.6. The Kier molecular flexibility index (Phi) is 3.39. The van der Waals surface area contributed by atoms with Crippen LogP contribution < -0.4 is 0 Å². The molecule has 0 heterocycles. The molecule has 0 radical (unpaired) electrons. The van der Waals surface area contributed by atoms with Gasteiger partial charge in [0.2, 0.25) is 0 Å². The van der Waals surface area contributed by atoms with Crippen molar-refractivity contribution in [2.24, 2.45) is 0 Å². The highest BCUT2D eigenvalue weighted by molar-refractivity contribution is 6.01. The fourth-order valence-corrected chi connectivity index (χ4v) is 3.00. The third kappa shape index (κ3) is 2.74. The average Bonchev–Trinajstić information content (AvgIpc) is 2.61. The predicted molar refractivity (Wildman–Crippen MR) is 95.9 cm³/mol. The van der Waals surface area contributed by atoms with E-state index in [1.807, 2.05) is 54.6 Å². The van der Waals surface area contributed by atoms with Crippen molar-refractivity contribution in [3.8, 4) is 0 Å². The molecule has 0 aliphatic rings. The number of carbonyl (C=O) groups excluding carboxylic acids is 1. The van der Waals surface area contributed by atoms with Gasteiger partial charge in [-0.1, -0.05) is 78.9 Å². The third-order valence-electron chi connectivity index (χ3n) is 4.25. The van der Waals surface area contributed by atoms with Crippen LogP contribution in [-0.4, -0.2) is 5.78 Å². The molecule has 0 saturated carbocycles. The van der Waals surface area contributed by atoms with Gasteiger partial charge in [-0.15, -0.1) is 0 Å². The molecule has 4 aromatic rings. The summed E-state index contributed by atoms with van der Waals surface area (Å²) in [6, 6.07) is 28.5. The number of benzene rings is 4. The monoisotopic (exact) mass is 296 g/mol. The zero-order chi connectivity index (χ0) is 15.6. The van der Waals surface area contributed by atoms with Gasteiger partial charge in [0, 0.05) is 12.0 Å². The van der Waals surface area contributed by atoms with Gasteiger partial charge < -0.3 is 0 Å². The molecule has 4 aromatic carbocycles. The minimum atomic E-state index is 0.158. The molecule has 0 spiro atoms. The van der Waals surface area contributed by atoms with Crippen molar-refractivity contribution in [2.45, 2.75) is 6.42 Å². The van der Waals surface area contributed by atoms with E-state index >= 15 is 0 Å². The van der Waals surface area contributed by atoms with Crippen LogP contribution in [0.3, 0.4) is 0 Å². The molecule has 1 heteroatoms. The minimum absolute atomic E-state index is 0.158. The number of hydrogen-bond donors (Lipinski definition) is 0. The highest BCUT2D eigenvalue weighted by Crippen LogP contribution is 2.19. The van der Waals surface area contributed by atoms with Crippen LogP contribution in [0.25, 0.3) is 21.5 Å². The van der Waals surface area contributed by atoms with Gasteiger partial charge in [0.05, 0.1) is 0 Å². The van der Waals surface area contributed by atoms with Crippen molar-refractivity contribution >= 4 is 27.3 Å². The lowest BCUT2D eigenvalue weighted by molar-refractivity contribution is 0.0993. The highest BCUT2D eigenvalue weighted by atomic mass is 16.1. The Morgan fingerprint density at radius 3 is 1.87 bits per heavy atom. The molecule has 0 atom stereocenters. The Bertz CT molecular complexity index is 1010. The van der Waals surface area contributed by atoms with Crippen LogP contribution in [0.2, 0.25) is 0 Å². The maximum absolute atomic E-state index is 12.6. The fourth-order valence-electron chi connectivity index (χ4n) is 3.00. The van der Waals surface area contributed by atoms with E-state index in [0.29, 0.717) is 6.42 Å². The lowest BCUT2D eigenvalue weighted by atomic mass is 9.98. The van der Waals surface area contributed by atoms with E-state index in [0.717, 1.165) is 21.9 Å². The van der Waals surface area contributed by atoms with Gasteiger partial charge in [-0.3, -0.25) is 4.79 Å². The van der Waals surface area contributed by atoms with Crippen molar-refractivity contribution in [1.29, 1.82) is 0 Å². The van der Waals surface area contributed by atoms with Gasteiger partial charge in [-0.05, 0) is 33.2 Å². The second-order valence-corrected chi connectivity index (χ2v) is 5.84. The molecule has 0 aromatic heterocycles. The van der Waals surface area contributed by atoms with E-state index in [9.17, 15) is 4.79 Å². The van der Waals surface area contributed by atoms with Gasteiger partial charge in [0.15, 0.2) is 5.78 Å². The molecule has 0 amide bonds. The van der Waals surface area contributed by atoms with E-state index in [-0.39, 0.29) is 5.78 Å². The van der Waals surface area contributed by atoms with Crippen LogP contribution in [0.5, 0.6) is 0 Å². The first-order valence-corrected chi connectivity index (χ1v) is 7.79. The van der Waals surface area contributed by atoms with E-state index in [1.165, 1.54) is 10.8 Å². The second kappa shape index (κ2) is 5.69. The smallest absolute Gasteiger partial charge is 0.167 e. The number of fused-ring (bicyclic) bond motifs is 2. The summed E-state index contributed by atoms with van der Waals surface area (Å²) in [5, 5.41) is 4.65. The summed E-state index contributed by atoms with van der Waals surface area (Å²) >= 11 is 0. The third-order valence-corrected chi connectivity index (χ3v) is 4.25. The standard InChI is InChI=1S/C22H16O/c23-22(21-12-11-18-6-2-4-8-20(18)15-21)14-16-9-10-17-5-1-3-7-19(17)13-16/h1-13,15H,14H2. The Morgan fingerprint density at radius 1 is 0.609 bits per heavy atom. The summed E-state index contributed by atoms with van der Waals surface area (Å²) in [5.41, 5.74) is 1.83. The summed E-state index contributed by atoms with van der Waals surface area (Å²) in [7, 11) is 0. The SMILES string of the molecule is O=C(Cc1ccc2ccccc2c1)c1ccc2ccccc2c1. The molecule has 110 valence electrons. The van der Waals surface area contributed by atoms with Crippen molar-refractivity contribution in [2.75, 3.05) is 0 Å². The van der Waals surface area contributed by atoms with Crippen LogP contribution in [0, 0.1) is 0 Å². The second-order valence-electron chi connectivity index (χ2n) is 5.84. The van der Waals surface area contributed by atoms with Crippen molar-refractivity contribution < 1.29 is 4.79 Å². The molecule has 0 bridgehead atoms. The Balaban J connectivity index is 1.64. The molecule has 0 N–H and O–H groups in total. The lowest BCUT2D eigenvalue weighted by Gasteiger charge is -2.05. The van der Waals surface area contributed by atoms with Crippen molar-refractivity contribution in [3.05, 3.63) is 96.1 Å².